The van der Waals surface area contributed by atoms with Gasteiger partial charge in [-0.1, -0.05) is 36.0 Å². The molecule has 2 aromatic rings. The van der Waals surface area contributed by atoms with Crippen molar-refractivity contribution < 1.29 is 4.39 Å². The first-order valence-corrected chi connectivity index (χ1v) is 7.95. The van der Waals surface area contributed by atoms with Gasteiger partial charge in [-0.3, -0.25) is 5.41 Å². The number of amidine groups is 1. The smallest absolute Gasteiger partial charge is 0.160 e. The maximum absolute atomic E-state index is 13.3. The average molecular weight is 300 g/mol. The van der Waals surface area contributed by atoms with Crippen molar-refractivity contribution in [1.82, 2.24) is 0 Å². The van der Waals surface area contributed by atoms with Gasteiger partial charge in [-0.05, 0) is 48.2 Å². The largest absolute Gasteiger partial charge is 0.320 e. The highest BCUT2D eigenvalue weighted by Gasteiger charge is 2.21. The molecule has 1 fully saturated rings. The van der Waals surface area contributed by atoms with Crippen molar-refractivity contribution in [3.8, 4) is 0 Å². The van der Waals surface area contributed by atoms with Crippen LogP contribution in [-0.2, 0) is 6.42 Å². The van der Waals surface area contributed by atoms with Gasteiger partial charge >= 0.3 is 0 Å². The van der Waals surface area contributed by atoms with Crippen LogP contribution < -0.4 is 4.90 Å². The molecule has 108 valence electrons. The third-order valence-electron chi connectivity index (χ3n) is 3.61. The number of thioether (sulfide) groups is 1. The van der Waals surface area contributed by atoms with Crippen molar-refractivity contribution in [3.05, 3.63) is 65.0 Å². The second-order valence-corrected chi connectivity index (χ2v) is 6.33. The predicted molar refractivity (Wildman–Crippen MR) is 87.9 cm³/mol. The number of nitrogens with zero attached hydrogens (tertiary/aromatic N) is 1. The van der Waals surface area contributed by atoms with Gasteiger partial charge in [-0.25, -0.2) is 4.39 Å². The summed E-state index contributed by atoms with van der Waals surface area (Å²) in [7, 11) is 0. The Kier molecular flexibility index (Phi) is 3.97. The molecule has 1 aliphatic heterocycles. The first kappa shape index (κ1) is 14.1. The van der Waals surface area contributed by atoms with E-state index in [4.69, 9.17) is 5.41 Å². The number of hydrogen-bond donors (Lipinski definition) is 1. The van der Waals surface area contributed by atoms with Gasteiger partial charge in [0.2, 0.25) is 0 Å². The van der Waals surface area contributed by atoms with Crippen molar-refractivity contribution in [2.45, 2.75) is 13.3 Å². The van der Waals surface area contributed by atoms with Gasteiger partial charge in [0.15, 0.2) is 5.17 Å². The topological polar surface area (TPSA) is 27.1 Å². The molecule has 21 heavy (non-hydrogen) atoms. The quantitative estimate of drug-likeness (QED) is 0.919. The van der Waals surface area contributed by atoms with Crippen LogP contribution in [0.2, 0.25) is 0 Å². The molecule has 0 unspecified atom stereocenters. The highest BCUT2D eigenvalue weighted by atomic mass is 32.2. The molecule has 0 saturated carbocycles. The van der Waals surface area contributed by atoms with Gasteiger partial charge in [0.1, 0.15) is 5.82 Å². The third-order valence-corrected chi connectivity index (χ3v) is 4.49. The maximum Gasteiger partial charge on any atom is 0.160 e. The van der Waals surface area contributed by atoms with Gasteiger partial charge in [-0.15, -0.1) is 0 Å². The number of aryl methyl sites for hydroxylation is 1. The summed E-state index contributed by atoms with van der Waals surface area (Å²) >= 11 is 1.57. The fourth-order valence-corrected chi connectivity index (χ4v) is 3.40. The fraction of sp³-hybridized carbons (Fsp3) is 0.235. The van der Waals surface area contributed by atoms with Gasteiger partial charge in [0, 0.05) is 18.0 Å². The molecule has 0 aromatic heterocycles. The monoisotopic (exact) mass is 300 g/mol. The van der Waals surface area contributed by atoms with E-state index < -0.39 is 0 Å². The van der Waals surface area contributed by atoms with Crippen molar-refractivity contribution in [2.75, 3.05) is 17.2 Å². The van der Waals surface area contributed by atoms with E-state index in [-0.39, 0.29) is 5.82 Å². The molecule has 0 amide bonds. The van der Waals surface area contributed by atoms with E-state index in [9.17, 15) is 4.39 Å². The fourth-order valence-electron chi connectivity index (χ4n) is 2.58. The Morgan fingerprint density at radius 2 is 2.10 bits per heavy atom. The van der Waals surface area contributed by atoms with E-state index >= 15 is 0 Å². The summed E-state index contributed by atoms with van der Waals surface area (Å²) in [5.41, 5.74) is 4.35. The number of benzene rings is 2. The van der Waals surface area contributed by atoms with Crippen LogP contribution in [0.15, 0.2) is 42.5 Å². The van der Waals surface area contributed by atoms with Crippen molar-refractivity contribution in [3.63, 3.8) is 0 Å². The summed E-state index contributed by atoms with van der Waals surface area (Å²) in [5, 5.41) is 8.65. The maximum atomic E-state index is 13.3. The average Bonchev–Trinajstić information content (AvgIpc) is 2.87. The van der Waals surface area contributed by atoms with Gasteiger partial charge in [0.05, 0.1) is 0 Å². The highest BCUT2D eigenvalue weighted by Crippen LogP contribution is 2.30. The molecule has 1 saturated heterocycles. The van der Waals surface area contributed by atoms with E-state index in [2.05, 4.69) is 25.1 Å². The molecule has 2 aromatic carbocycles. The van der Waals surface area contributed by atoms with E-state index in [1.807, 2.05) is 11.0 Å². The number of hydrogen-bond acceptors (Lipinski definition) is 2. The highest BCUT2D eigenvalue weighted by molar-refractivity contribution is 8.14. The van der Waals surface area contributed by atoms with Crippen LogP contribution >= 0.6 is 11.8 Å². The third kappa shape index (κ3) is 3.10. The van der Waals surface area contributed by atoms with Gasteiger partial charge < -0.3 is 4.90 Å². The standard InChI is InChI=1S/C17H17FN2S/c1-12-5-6-14(10-13-3-2-4-15(18)11-13)16(9-12)20-7-8-21-17(20)19/h2-6,9,11,19H,7-8,10H2,1H3. The molecule has 4 heteroatoms. The summed E-state index contributed by atoms with van der Waals surface area (Å²) in [6.07, 6.45) is 0.682. The van der Waals surface area contributed by atoms with Crippen molar-refractivity contribution >= 4 is 22.6 Å². The van der Waals surface area contributed by atoms with Crippen molar-refractivity contribution in [1.29, 1.82) is 5.41 Å². The zero-order valence-electron chi connectivity index (χ0n) is 11.9. The molecule has 0 atom stereocenters. The minimum absolute atomic E-state index is 0.203. The van der Waals surface area contributed by atoms with Crippen LogP contribution in [0.1, 0.15) is 16.7 Å². The van der Waals surface area contributed by atoms with Crippen molar-refractivity contribution in [2.24, 2.45) is 0 Å². The molecule has 1 N–H and O–H groups in total. The summed E-state index contributed by atoms with van der Waals surface area (Å²) in [5.74, 6) is 0.747. The first-order valence-electron chi connectivity index (χ1n) is 6.96. The molecular weight excluding hydrogens is 283 g/mol. The zero-order chi connectivity index (χ0) is 14.8. The molecule has 2 nitrogen and oxygen atoms in total. The Bertz CT molecular complexity index is 684. The lowest BCUT2D eigenvalue weighted by atomic mass is 10.0. The van der Waals surface area contributed by atoms with Gasteiger partial charge in [0.25, 0.3) is 0 Å². The minimum atomic E-state index is -0.203. The SMILES string of the molecule is Cc1ccc(Cc2cccc(F)c2)c(N2CCSC2=N)c1. The first-order chi connectivity index (χ1) is 10.1. The second kappa shape index (κ2) is 5.90. The van der Waals surface area contributed by atoms with Crippen LogP contribution in [0.3, 0.4) is 0 Å². The molecular formula is C17H17FN2S. The number of halogens is 1. The Labute approximate surface area is 128 Å². The molecule has 1 heterocycles. The Morgan fingerprint density at radius 3 is 2.81 bits per heavy atom. The lowest BCUT2D eigenvalue weighted by Gasteiger charge is -2.21. The summed E-state index contributed by atoms with van der Waals surface area (Å²) < 4.78 is 13.3. The summed E-state index contributed by atoms with van der Waals surface area (Å²) in [6.45, 7) is 2.92. The van der Waals surface area contributed by atoms with E-state index in [1.54, 1.807) is 23.9 Å². The molecule has 0 bridgehead atoms. The van der Waals surface area contributed by atoms with E-state index in [0.717, 1.165) is 29.1 Å². The summed E-state index contributed by atoms with van der Waals surface area (Å²) in [4.78, 5) is 2.05. The van der Waals surface area contributed by atoms with Crippen LogP contribution in [0.5, 0.6) is 0 Å². The Balaban J connectivity index is 1.96. The zero-order valence-corrected chi connectivity index (χ0v) is 12.7. The molecule has 1 aliphatic rings. The van der Waals surface area contributed by atoms with Gasteiger partial charge in [-0.2, -0.15) is 0 Å². The lowest BCUT2D eigenvalue weighted by molar-refractivity contribution is 0.626. The molecule has 0 radical (unpaired) electrons. The molecule has 0 aliphatic carbocycles. The van der Waals surface area contributed by atoms with Crippen LogP contribution in [-0.4, -0.2) is 17.5 Å². The number of anilines is 1. The minimum Gasteiger partial charge on any atom is -0.320 e. The number of nitrogens with one attached hydrogen (secondary N) is 1. The van der Waals surface area contributed by atoms with Crippen LogP contribution in [0, 0.1) is 18.2 Å². The second-order valence-electron chi connectivity index (χ2n) is 5.24. The summed E-state index contributed by atoms with van der Waals surface area (Å²) in [6, 6.07) is 13.0. The Morgan fingerprint density at radius 1 is 1.24 bits per heavy atom. The Hall–Kier alpha value is -1.81. The normalized spacial score (nSPS) is 14.8. The number of rotatable bonds is 3. The molecule has 0 spiro atoms. The predicted octanol–water partition coefficient (Wildman–Crippen LogP) is 4.21. The molecule has 3 rings (SSSR count). The van der Waals surface area contributed by atoms with Crippen LogP contribution in [0.4, 0.5) is 10.1 Å². The van der Waals surface area contributed by atoms with E-state index in [0.29, 0.717) is 11.6 Å². The van der Waals surface area contributed by atoms with Crippen LogP contribution in [0.25, 0.3) is 0 Å². The lowest BCUT2D eigenvalue weighted by Crippen LogP contribution is -2.24. The van der Waals surface area contributed by atoms with E-state index in [1.165, 1.54) is 11.6 Å².